The Kier molecular flexibility index (Phi) is 5.54. The quantitative estimate of drug-likeness (QED) is 0.616. The van der Waals surface area contributed by atoms with E-state index in [1.165, 1.54) is 6.92 Å². The SMILES string of the molecule is CCOC(=O)C(C)(C(=O)OCC)c1ccccc1Br. The van der Waals surface area contributed by atoms with Crippen LogP contribution in [0.4, 0.5) is 0 Å². The van der Waals surface area contributed by atoms with Crippen molar-refractivity contribution in [2.24, 2.45) is 0 Å². The van der Waals surface area contributed by atoms with Crippen molar-refractivity contribution in [3.63, 3.8) is 0 Å². The van der Waals surface area contributed by atoms with Crippen LogP contribution in [0.2, 0.25) is 0 Å². The summed E-state index contributed by atoms with van der Waals surface area (Å²) in [5, 5.41) is 0. The molecule has 1 aromatic rings. The van der Waals surface area contributed by atoms with Gasteiger partial charge in [0.15, 0.2) is 5.41 Å². The predicted octanol–water partition coefficient (Wildman–Crippen LogP) is 2.83. The molecule has 0 saturated carbocycles. The fraction of sp³-hybridized carbons (Fsp3) is 0.429. The van der Waals surface area contributed by atoms with E-state index in [0.717, 1.165) is 0 Å². The predicted molar refractivity (Wildman–Crippen MR) is 74.8 cm³/mol. The molecule has 4 nitrogen and oxygen atoms in total. The number of carbonyl (C=O) groups excluding carboxylic acids is 2. The normalized spacial score (nSPS) is 10.9. The Morgan fingerprint density at radius 3 is 2.00 bits per heavy atom. The van der Waals surface area contributed by atoms with Crippen LogP contribution in [0.25, 0.3) is 0 Å². The van der Waals surface area contributed by atoms with E-state index in [-0.39, 0.29) is 13.2 Å². The van der Waals surface area contributed by atoms with E-state index in [1.54, 1.807) is 32.0 Å². The monoisotopic (exact) mass is 328 g/mol. The second-order valence-corrected chi connectivity index (χ2v) is 4.90. The van der Waals surface area contributed by atoms with Crippen molar-refractivity contribution in [2.75, 3.05) is 13.2 Å². The molecule has 104 valence electrons. The first-order chi connectivity index (χ1) is 8.98. The zero-order valence-corrected chi connectivity index (χ0v) is 12.8. The van der Waals surface area contributed by atoms with Gasteiger partial charge in [-0.05, 0) is 32.4 Å². The highest BCUT2D eigenvalue weighted by atomic mass is 79.9. The molecule has 1 rings (SSSR count). The third kappa shape index (κ3) is 3.15. The van der Waals surface area contributed by atoms with Gasteiger partial charge in [0.25, 0.3) is 0 Å². The number of hydrogen-bond donors (Lipinski definition) is 0. The second kappa shape index (κ2) is 6.70. The molecule has 0 N–H and O–H groups in total. The molecule has 0 aliphatic carbocycles. The molecule has 0 fully saturated rings. The first kappa shape index (κ1) is 15.7. The topological polar surface area (TPSA) is 52.6 Å². The molecular weight excluding hydrogens is 312 g/mol. The molecule has 0 atom stereocenters. The summed E-state index contributed by atoms with van der Waals surface area (Å²) in [5.74, 6) is -1.22. The summed E-state index contributed by atoms with van der Waals surface area (Å²) in [6.07, 6.45) is 0. The number of benzene rings is 1. The van der Waals surface area contributed by atoms with Gasteiger partial charge in [0.1, 0.15) is 0 Å². The summed E-state index contributed by atoms with van der Waals surface area (Å²) in [5.41, 5.74) is -0.932. The molecule has 0 radical (unpaired) electrons. The van der Waals surface area contributed by atoms with Gasteiger partial charge >= 0.3 is 11.9 Å². The van der Waals surface area contributed by atoms with E-state index in [2.05, 4.69) is 15.9 Å². The molecule has 19 heavy (non-hydrogen) atoms. The summed E-state index contributed by atoms with van der Waals surface area (Å²) in [6, 6.07) is 7.05. The molecule has 0 amide bonds. The second-order valence-electron chi connectivity index (χ2n) is 4.05. The third-order valence-corrected chi connectivity index (χ3v) is 3.47. The van der Waals surface area contributed by atoms with Gasteiger partial charge in [-0.25, -0.2) is 0 Å². The number of ether oxygens (including phenoxy) is 2. The van der Waals surface area contributed by atoms with Gasteiger partial charge in [-0.2, -0.15) is 0 Å². The zero-order valence-electron chi connectivity index (χ0n) is 11.2. The van der Waals surface area contributed by atoms with E-state index in [1.807, 2.05) is 6.07 Å². The lowest BCUT2D eigenvalue weighted by Gasteiger charge is -2.26. The van der Waals surface area contributed by atoms with Crippen LogP contribution < -0.4 is 0 Å². The van der Waals surface area contributed by atoms with E-state index in [0.29, 0.717) is 10.0 Å². The van der Waals surface area contributed by atoms with Gasteiger partial charge < -0.3 is 9.47 Å². The van der Waals surface area contributed by atoms with Crippen LogP contribution in [0, 0.1) is 0 Å². The molecular formula is C14H17BrO4. The summed E-state index contributed by atoms with van der Waals surface area (Å²) in [6.45, 7) is 5.33. The lowest BCUT2D eigenvalue weighted by atomic mass is 9.82. The lowest BCUT2D eigenvalue weighted by Crippen LogP contribution is -2.43. The molecule has 0 bridgehead atoms. The summed E-state index contributed by atoms with van der Waals surface area (Å²) < 4.78 is 10.7. The van der Waals surface area contributed by atoms with Crippen LogP contribution in [-0.2, 0) is 24.5 Å². The van der Waals surface area contributed by atoms with Crippen LogP contribution in [-0.4, -0.2) is 25.2 Å². The summed E-state index contributed by atoms with van der Waals surface area (Å²) in [7, 11) is 0. The summed E-state index contributed by atoms with van der Waals surface area (Å²) >= 11 is 3.36. The van der Waals surface area contributed by atoms with Crippen LogP contribution in [0.5, 0.6) is 0 Å². The maximum absolute atomic E-state index is 12.2. The van der Waals surface area contributed by atoms with Crippen molar-refractivity contribution in [1.82, 2.24) is 0 Å². The average Bonchev–Trinajstić information content (AvgIpc) is 2.39. The summed E-state index contributed by atoms with van der Waals surface area (Å²) in [4.78, 5) is 24.4. The van der Waals surface area contributed by atoms with E-state index in [4.69, 9.17) is 9.47 Å². The van der Waals surface area contributed by atoms with Crippen LogP contribution in [0.15, 0.2) is 28.7 Å². The largest absolute Gasteiger partial charge is 0.465 e. The molecule has 0 aliphatic heterocycles. The molecule has 0 spiro atoms. The van der Waals surface area contributed by atoms with Gasteiger partial charge in [0, 0.05) is 4.47 Å². The first-order valence-electron chi connectivity index (χ1n) is 6.07. The van der Waals surface area contributed by atoms with Crippen molar-refractivity contribution in [2.45, 2.75) is 26.2 Å². The minimum absolute atomic E-state index is 0.207. The van der Waals surface area contributed by atoms with Gasteiger partial charge in [-0.3, -0.25) is 9.59 Å². The van der Waals surface area contributed by atoms with Crippen LogP contribution >= 0.6 is 15.9 Å². The molecule has 0 aliphatic rings. The molecule has 0 unspecified atom stereocenters. The molecule has 5 heteroatoms. The fourth-order valence-corrected chi connectivity index (χ4v) is 2.40. The number of carbonyl (C=O) groups is 2. The first-order valence-corrected chi connectivity index (χ1v) is 6.87. The number of hydrogen-bond acceptors (Lipinski definition) is 4. The van der Waals surface area contributed by atoms with Gasteiger partial charge in [-0.15, -0.1) is 0 Å². The van der Waals surface area contributed by atoms with Crippen LogP contribution in [0.3, 0.4) is 0 Å². The highest BCUT2D eigenvalue weighted by Crippen LogP contribution is 2.33. The Bertz CT molecular complexity index is 452. The molecule has 0 heterocycles. The minimum atomic E-state index is -1.47. The van der Waals surface area contributed by atoms with Crippen molar-refractivity contribution in [3.05, 3.63) is 34.3 Å². The van der Waals surface area contributed by atoms with Crippen LogP contribution in [0.1, 0.15) is 26.3 Å². The smallest absolute Gasteiger partial charge is 0.327 e. The maximum Gasteiger partial charge on any atom is 0.327 e. The maximum atomic E-state index is 12.2. The Morgan fingerprint density at radius 2 is 1.58 bits per heavy atom. The fourth-order valence-electron chi connectivity index (χ4n) is 1.72. The van der Waals surface area contributed by atoms with E-state index in [9.17, 15) is 9.59 Å². The number of rotatable bonds is 5. The molecule has 0 aromatic heterocycles. The lowest BCUT2D eigenvalue weighted by molar-refractivity contribution is -0.163. The molecule has 1 aromatic carbocycles. The Balaban J connectivity index is 3.30. The van der Waals surface area contributed by atoms with Crippen molar-refractivity contribution >= 4 is 27.9 Å². The Morgan fingerprint density at radius 1 is 1.11 bits per heavy atom. The Hall–Kier alpha value is -1.36. The van der Waals surface area contributed by atoms with Crippen molar-refractivity contribution in [3.8, 4) is 0 Å². The number of halogens is 1. The van der Waals surface area contributed by atoms with Crippen molar-refractivity contribution < 1.29 is 19.1 Å². The van der Waals surface area contributed by atoms with Crippen molar-refractivity contribution in [1.29, 1.82) is 0 Å². The van der Waals surface area contributed by atoms with E-state index >= 15 is 0 Å². The van der Waals surface area contributed by atoms with Gasteiger partial charge in [-0.1, -0.05) is 34.1 Å². The minimum Gasteiger partial charge on any atom is -0.465 e. The average molecular weight is 329 g/mol. The molecule has 0 saturated heterocycles. The Labute approximate surface area is 121 Å². The van der Waals surface area contributed by atoms with E-state index < -0.39 is 17.4 Å². The third-order valence-electron chi connectivity index (χ3n) is 2.78. The number of esters is 2. The van der Waals surface area contributed by atoms with Gasteiger partial charge in [0.05, 0.1) is 13.2 Å². The zero-order chi connectivity index (χ0) is 14.5. The highest BCUT2D eigenvalue weighted by molar-refractivity contribution is 9.10. The highest BCUT2D eigenvalue weighted by Gasteiger charge is 2.47. The van der Waals surface area contributed by atoms with Gasteiger partial charge in [0.2, 0.25) is 0 Å². The standard InChI is InChI=1S/C14H17BrO4/c1-4-18-12(16)14(3,13(17)19-5-2)10-8-6-7-9-11(10)15/h6-9H,4-5H2,1-3H3.